The highest BCUT2D eigenvalue weighted by Crippen LogP contribution is 2.38. The molecule has 10 heteroatoms. The van der Waals surface area contributed by atoms with E-state index in [-0.39, 0.29) is 17.1 Å². The molecule has 4 aliphatic rings. The standard InChI is InChI=1S/C23H30N4O5S/c28-20-6-3-17-13-18(12-16-2-1-9-27(20)21(16)17)25-23(30)22(29)24-14-15-7-10-26(11-8-15)33(31,32)19-4-5-19/h12-13,15,19H,1-11,14H2,(H,24,29)(H,25,30). The quantitative estimate of drug-likeness (QED) is 0.622. The van der Waals surface area contributed by atoms with Gasteiger partial charge in [0, 0.05) is 38.3 Å². The van der Waals surface area contributed by atoms with Gasteiger partial charge in [-0.05, 0) is 74.1 Å². The Morgan fingerprint density at radius 1 is 0.939 bits per heavy atom. The van der Waals surface area contributed by atoms with E-state index in [1.165, 1.54) is 0 Å². The molecule has 3 amide bonds. The van der Waals surface area contributed by atoms with Gasteiger partial charge in [0.15, 0.2) is 0 Å². The van der Waals surface area contributed by atoms with Gasteiger partial charge in [-0.3, -0.25) is 14.4 Å². The number of nitrogens with one attached hydrogen (secondary N) is 2. The SMILES string of the molecule is O=C(NCC1CCN(S(=O)(=O)C2CC2)CC1)C(=O)Nc1cc2c3c(c1)CCC(=O)N3CCC2. The number of benzene rings is 1. The third kappa shape index (κ3) is 4.50. The molecule has 0 radical (unpaired) electrons. The number of nitrogens with zero attached hydrogens (tertiary/aromatic N) is 2. The van der Waals surface area contributed by atoms with Crippen LogP contribution in [0.4, 0.5) is 11.4 Å². The summed E-state index contributed by atoms with van der Waals surface area (Å²) in [6, 6.07) is 3.73. The molecule has 1 saturated heterocycles. The van der Waals surface area contributed by atoms with E-state index < -0.39 is 21.8 Å². The lowest BCUT2D eigenvalue weighted by molar-refractivity contribution is -0.136. The van der Waals surface area contributed by atoms with Crippen LogP contribution in [0.1, 0.15) is 49.7 Å². The first-order valence-corrected chi connectivity index (χ1v) is 13.4. The zero-order chi connectivity index (χ0) is 23.2. The van der Waals surface area contributed by atoms with Crippen LogP contribution < -0.4 is 15.5 Å². The molecule has 0 bridgehead atoms. The maximum atomic E-state index is 12.5. The summed E-state index contributed by atoms with van der Waals surface area (Å²) in [5.41, 5.74) is 3.64. The second kappa shape index (κ2) is 8.72. The summed E-state index contributed by atoms with van der Waals surface area (Å²) in [6.07, 6.45) is 5.71. The zero-order valence-corrected chi connectivity index (χ0v) is 19.5. The molecule has 1 aromatic carbocycles. The van der Waals surface area contributed by atoms with Gasteiger partial charge in [-0.1, -0.05) is 0 Å². The van der Waals surface area contributed by atoms with Gasteiger partial charge in [0.25, 0.3) is 0 Å². The van der Waals surface area contributed by atoms with Crippen molar-refractivity contribution in [2.75, 3.05) is 36.4 Å². The minimum absolute atomic E-state index is 0.149. The number of hydrogen-bond donors (Lipinski definition) is 2. The Bertz CT molecular complexity index is 1070. The van der Waals surface area contributed by atoms with Crippen LogP contribution in [0.5, 0.6) is 0 Å². The van der Waals surface area contributed by atoms with Crippen LogP contribution in [-0.4, -0.2) is 61.9 Å². The molecule has 5 rings (SSSR count). The molecule has 2 fully saturated rings. The Labute approximate surface area is 193 Å². The van der Waals surface area contributed by atoms with Crippen molar-refractivity contribution in [3.05, 3.63) is 23.3 Å². The molecule has 178 valence electrons. The molecule has 1 saturated carbocycles. The number of anilines is 2. The molecule has 1 aromatic rings. The molecule has 0 unspecified atom stereocenters. The monoisotopic (exact) mass is 474 g/mol. The number of piperidine rings is 1. The number of carbonyl (C=O) groups excluding carboxylic acids is 3. The number of hydrogen-bond acceptors (Lipinski definition) is 5. The van der Waals surface area contributed by atoms with Gasteiger partial charge in [0.2, 0.25) is 15.9 Å². The lowest BCUT2D eigenvalue weighted by Crippen LogP contribution is -2.44. The summed E-state index contributed by atoms with van der Waals surface area (Å²) >= 11 is 0. The van der Waals surface area contributed by atoms with Crippen molar-refractivity contribution in [3.63, 3.8) is 0 Å². The first kappa shape index (κ1) is 22.3. The number of amides is 3. The van der Waals surface area contributed by atoms with E-state index in [0.29, 0.717) is 51.0 Å². The number of rotatable bonds is 5. The molecule has 0 spiro atoms. The molecular formula is C23H30N4O5S. The van der Waals surface area contributed by atoms with Crippen molar-refractivity contribution >= 4 is 39.1 Å². The maximum Gasteiger partial charge on any atom is 0.313 e. The van der Waals surface area contributed by atoms with Gasteiger partial charge in [0.05, 0.1) is 10.9 Å². The Balaban J connectivity index is 1.14. The highest BCUT2D eigenvalue weighted by Gasteiger charge is 2.41. The van der Waals surface area contributed by atoms with Gasteiger partial charge in [0.1, 0.15) is 0 Å². The predicted octanol–water partition coefficient (Wildman–Crippen LogP) is 1.17. The maximum absolute atomic E-state index is 12.5. The van der Waals surface area contributed by atoms with Crippen LogP contribution in [0.25, 0.3) is 0 Å². The van der Waals surface area contributed by atoms with Gasteiger partial charge in [-0.25, -0.2) is 12.7 Å². The van der Waals surface area contributed by atoms with E-state index in [1.807, 2.05) is 17.0 Å². The Kier molecular flexibility index (Phi) is 5.90. The van der Waals surface area contributed by atoms with Crippen LogP contribution in [0.2, 0.25) is 0 Å². The Hall–Kier alpha value is -2.46. The average molecular weight is 475 g/mol. The highest BCUT2D eigenvalue weighted by atomic mass is 32.2. The average Bonchev–Trinajstić information content (AvgIpc) is 3.66. The molecule has 3 aliphatic heterocycles. The van der Waals surface area contributed by atoms with E-state index >= 15 is 0 Å². The van der Waals surface area contributed by atoms with Crippen LogP contribution in [-0.2, 0) is 37.2 Å². The summed E-state index contributed by atoms with van der Waals surface area (Å²) in [6.45, 7) is 2.04. The fraction of sp³-hybridized carbons (Fsp3) is 0.609. The van der Waals surface area contributed by atoms with Crippen LogP contribution in [0.3, 0.4) is 0 Å². The Morgan fingerprint density at radius 3 is 2.33 bits per heavy atom. The summed E-state index contributed by atoms with van der Waals surface area (Å²) in [4.78, 5) is 38.9. The molecule has 1 aliphatic carbocycles. The summed E-state index contributed by atoms with van der Waals surface area (Å²) < 4.78 is 26.3. The van der Waals surface area contributed by atoms with Gasteiger partial charge >= 0.3 is 11.8 Å². The first-order valence-electron chi connectivity index (χ1n) is 11.9. The highest BCUT2D eigenvalue weighted by molar-refractivity contribution is 7.90. The largest absolute Gasteiger partial charge is 0.348 e. The summed E-state index contributed by atoms with van der Waals surface area (Å²) in [7, 11) is -3.15. The fourth-order valence-corrected chi connectivity index (χ4v) is 7.05. The second-order valence-corrected chi connectivity index (χ2v) is 11.8. The predicted molar refractivity (Wildman–Crippen MR) is 123 cm³/mol. The van der Waals surface area contributed by atoms with Crippen LogP contribution in [0.15, 0.2) is 12.1 Å². The van der Waals surface area contributed by atoms with Gasteiger partial charge in [-0.15, -0.1) is 0 Å². The molecule has 3 heterocycles. The molecule has 0 aromatic heterocycles. The summed E-state index contributed by atoms with van der Waals surface area (Å²) in [5.74, 6) is -1.10. The van der Waals surface area contributed by atoms with Crippen molar-refractivity contribution in [2.24, 2.45) is 5.92 Å². The smallest absolute Gasteiger partial charge is 0.313 e. The van der Waals surface area contributed by atoms with E-state index in [9.17, 15) is 22.8 Å². The van der Waals surface area contributed by atoms with E-state index in [0.717, 1.165) is 49.0 Å². The number of aryl methyl sites for hydroxylation is 2. The molecule has 33 heavy (non-hydrogen) atoms. The van der Waals surface area contributed by atoms with Gasteiger partial charge < -0.3 is 15.5 Å². The second-order valence-electron chi connectivity index (χ2n) is 9.54. The molecule has 0 atom stereocenters. The topological polar surface area (TPSA) is 116 Å². The third-order valence-corrected chi connectivity index (χ3v) is 9.57. The lowest BCUT2D eigenvalue weighted by Gasteiger charge is -2.35. The minimum Gasteiger partial charge on any atom is -0.348 e. The van der Waals surface area contributed by atoms with Crippen LogP contribution in [0, 0.1) is 5.92 Å². The van der Waals surface area contributed by atoms with Crippen molar-refractivity contribution in [1.29, 1.82) is 0 Å². The normalized spacial score (nSPS) is 21.5. The van der Waals surface area contributed by atoms with E-state index in [1.54, 1.807) is 4.31 Å². The summed E-state index contributed by atoms with van der Waals surface area (Å²) in [5, 5.41) is 5.22. The zero-order valence-electron chi connectivity index (χ0n) is 18.6. The van der Waals surface area contributed by atoms with Crippen LogP contribution >= 0.6 is 0 Å². The van der Waals surface area contributed by atoms with Crippen molar-refractivity contribution in [1.82, 2.24) is 9.62 Å². The van der Waals surface area contributed by atoms with Gasteiger partial charge in [-0.2, -0.15) is 0 Å². The number of carbonyl (C=O) groups is 3. The molecule has 2 N–H and O–H groups in total. The lowest BCUT2D eigenvalue weighted by atomic mass is 9.91. The molecule has 9 nitrogen and oxygen atoms in total. The van der Waals surface area contributed by atoms with E-state index in [4.69, 9.17) is 0 Å². The number of sulfonamides is 1. The Morgan fingerprint density at radius 2 is 1.64 bits per heavy atom. The third-order valence-electron chi connectivity index (χ3n) is 7.17. The van der Waals surface area contributed by atoms with Crippen molar-refractivity contribution in [2.45, 2.75) is 56.6 Å². The fourth-order valence-electron chi connectivity index (χ4n) is 5.18. The minimum atomic E-state index is -3.15. The van der Waals surface area contributed by atoms with Crippen molar-refractivity contribution in [3.8, 4) is 0 Å². The van der Waals surface area contributed by atoms with E-state index in [2.05, 4.69) is 10.6 Å². The molecular weight excluding hydrogens is 444 g/mol. The first-order chi connectivity index (χ1) is 15.8. The van der Waals surface area contributed by atoms with Crippen molar-refractivity contribution < 1.29 is 22.8 Å².